The molecular formula is C16H26N2O2S. The van der Waals surface area contributed by atoms with Gasteiger partial charge in [0.2, 0.25) is 10.0 Å². The smallest absolute Gasteiger partial charge is 0.242 e. The average Bonchev–Trinajstić information content (AvgIpc) is 2.41. The number of sulfonamides is 1. The third-order valence-corrected chi connectivity index (χ3v) is 6.27. The van der Waals surface area contributed by atoms with E-state index in [4.69, 9.17) is 0 Å². The van der Waals surface area contributed by atoms with Crippen molar-refractivity contribution < 1.29 is 8.42 Å². The molecule has 1 aromatic rings. The van der Waals surface area contributed by atoms with Crippen molar-refractivity contribution in [2.24, 2.45) is 5.41 Å². The highest BCUT2D eigenvalue weighted by Crippen LogP contribution is 2.37. The highest BCUT2D eigenvalue weighted by atomic mass is 32.2. The first kappa shape index (κ1) is 16.3. The van der Waals surface area contributed by atoms with Gasteiger partial charge < -0.3 is 5.32 Å². The standard InChI is InChI=1S/C16H26N2O2S/c1-16(2)11-6-5-10-15(16)17-13-8-7-9-14(12-13)21(19,20)18(3)4/h7-9,12,15,17H,5-6,10-11H2,1-4H3. The number of rotatable bonds is 4. The lowest BCUT2D eigenvalue weighted by molar-refractivity contribution is 0.217. The number of benzene rings is 1. The van der Waals surface area contributed by atoms with Crippen LogP contribution < -0.4 is 5.32 Å². The van der Waals surface area contributed by atoms with Crippen LogP contribution >= 0.6 is 0 Å². The number of nitrogens with one attached hydrogen (secondary N) is 1. The van der Waals surface area contributed by atoms with Crippen molar-refractivity contribution in [2.75, 3.05) is 19.4 Å². The lowest BCUT2D eigenvalue weighted by Crippen LogP contribution is -2.38. The maximum absolute atomic E-state index is 12.2. The first-order valence-electron chi connectivity index (χ1n) is 7.52. The van der Waals surface area contributed by atoms with Gasteiger partial charge in [0.1, 0.15) is 0 Å². The largest absolute Gasteiger partial charge is 0.382 e. The highest BCUT2D eigenvalue weighted by molar-refractivity contribution is 7.89. The molecule has 0 bridgehead atoms. The zero-order valence-corrected chi connectivity index (χ0v) is 14.2. The van der Waals surface area contributed by atoms with Gasteiger partial charge in [-0.1, -0.05) is 32.8 Å². The fraction of sp³-hybridized carbons (Fsp3) is 0.625. The van der Waals surface area contributed by atoms with Crippen LogP contribution in [0.3, 0.4) is 0 Å². The lowest BCUT2D eigenvalue weighted by Gasteiger charge is -2.39. The third-order valence-electron chi connectivity index (χ3n) is 4.46. The first-order chi connectivity index (χ1) is 9.73. The average molecular weight is 310 g/mol. The second-order valence-electron chi connectivity index (χ2n) is 6.75. The van der Waals surface area contributed by atoms with E-state index < -0.39 is 10.0 Å². The van der Waals surface area contributed by atoms with E-state index in [0.717, 1.165) is 12.1 Å². The minimum absolute atomic E-state index is 0.245. The fourth-order valence-electron chi connectivity index (χ4n) is 2.92. The van der Waals surface area contributed by atoms with Gasteiger partial charge in [0.05, 0.1) is 4.90 Å². The van der Waals surface area contributed by atoms with Crippen molar-refractivity contribution in [2.45, 2.75) is 50.5 Å². The molecule has 1 aliphatic carbocycles. The molecule has 1 aliphatic rings. The van der Waals surface area contributed by atoms with Crippen LogP contribution in [0, 0.1) is 5.41 Å². The van der Waals surface area contributed by atoms with E-state index in [1.807, 2.05) is 6.07 Å². The van der Waals surface area contributed by atoms with Crippen molar-refractivity contribution in [3.05, 3.63) is 24.3 Å². The minimum Gasteiger partial charge on any atom is -0.382 e. The van der Waals surface area contributed by atoms with E-state index >= 15 is 0 Å². The summed E-state index contributed by atoms with van der Waals surface area (Å²) >= 11 is 0. The van der Waals surface area contributed by atoms with Crippen molar-refractivity contribution in [1.82, 2.24) is 4.31 Å². The maximum Gasteiger partial charge on any atom is 0.242 e. The van der Waals surface area contributed by atoms with Crippen LogP contribution in [0.1, 0.15) is 39.5 Å². The molecular weight excluding hydrogens is 284 g/mol. The molecule has 0 aliphatic heterocycles. The Morgan fingerprint density at radius 1 is 1.24 bits per heavy atom. The molecule has 1 atom stereocenters. The van der Waals surface area contributed by atoms with Crippen molar-refractivity contribution in [3.63, 3.8) is 0 Å². The first-order valence-corrected chi connectivity index (χ1v) is 8.97. The summed E-state index contributed by atoms with van der Waals surface area (Å²) in [5.41, 5.74) is 1.13. The van der Waals surface area contributed by atoms with Crippen molar-refractivity contribution in [3.8, 4) is 0 Å². The Morgan fingerprint density at radius 2 is 1.95 bits per heavy atom. The van der Waals surface area contributed by atoms with Gasteiger partial charge in [-0.05, 0) is 36.5 Å². The predicted octanol–water partition coefficient (Wildman–Crippen LogP) is 3.32. The fourth-order valence-corrected chi connectivity index (χ4v) is 3.87. The number of anilines is 1. The molecule has 21 heavy (non-hydrogen) atoms. The van der Waals surface area contributed by atoms with Gasteiger partial charge in [0.15, 0.2) is 0 Å². The van der Waals surface area contributed by atoms with Crippen LogP contribution in [0.4, 0.5) is 5.69 Å². The Labute approximate surface area is 128 Å². The van der Waals surface area contributed by atoms with E-state index in [-0.39, 0.29) is 5.41 Å². The quantitative estimate of drug-likeness (QED) is 0.928. The predicted molar refractivity (Wildman–Crippen MR) is 87.0 cm³/mol. The summed E-state index contributed by atoms with van der Waals surface area (Å²) in [6, 6.07) is 7.52. The summed E-state index contributed by atoms with van der Waals surface area (Å²) in [5.74, 6) is 0. The number of nitrogens with zero attached hydrogens (tertiary/aromatic N) is 1. The zero-order chi connectivity index (χ0) is 15.7. The lowest BCUT2D eigenvalue weighted by atomic mass is 9.73. The summed E-state index contributed by atoms with van der Waals surface area (Å²) in [6.45, 7) is 4.56. The van der Waals surface area contributed by atoms with Gasteiger partial charge in [0, 0.05) is 25.8 Å². The molecule has 0 aromatic heterocycles. The van der Waals surface area contributed by atoms with Gasteiger partial charge in [-0.3, -0.25) is 0 Å². The molecule has 1 aromatic carbocycles. The molecule has 118 valence electrons. The molecule has 2 rings (SSSR count). The molecule has 0 spiro atoms. The molecule has 5 heteroatoms. The molecule has 1 saturated carbocycles. The van der Waals surface area contributed by atoms with Crippen LogP contribution in [0.5, 0.6) is 0 Å². The topological polar surface area (TPSA) is 49.4 Å². The monoisotopic (exact) mass is 310 g/mol. The Balaban J connectivity index is 2.22. The van der Waals surface area contributed by atoms with Crippen molar-refractivity contribution >= 4 is 15.7 Å². The second kappa shape index (κ2) is 5.97. The highest BCUT2D eigenvalue weighted by Gasteiger charge is 2.32. The minimum atomic E-state index is -3.38. The Hall–Kier alpha value is -1.07. The maximum atomic E-state index is 12.2. The number of hydrogen-bond donors (Lipinski definition) is 1. The SMILES string of the molecule is CN(C)S(=O)(=O)c1cccc(NC2CCCCC2(C)C)c1. The van der Waals surface area contributed by atoms with E-state index in [9.17, 15) is 8.42 Å². The van der Waals surface area contributed by atoms with Gasteiger partial charge in [0.25, 0.3) is 0 Å². The second-order valence-corrected chi connectivity index (χ2v) is 8.90. The van der Waals surface area contributed by atoms with E-state index in [2.05, 4.69) is 19.2 Å². The van der Waals surface area contributed by atoms with Gasteiger partial charge >= 0.3 is 0 Å². The van der Waals surface area contributed by atoms with Crippen LogP contribution in [0.15, 0.2) is 29.2 Å². The van der Waals surface area contributed by atoms with Gasteiger partial charge in [-0.15, -0.1) is 0 Å². The molecule has 1 unspecified atom stereocenters. The van der Waals surface area contributed by atoms with E-state index in [0.29, 0.717) is 10.9 Å². The Bertz CT molecular complexity index is 594. The summed E-state index contributed by atoms with van der Waals surface area (Å²) in [6.07, 6.45) is 4.86. The molecule has 1 fully saturated rings. The molecule has 0 amide bonds. The summed E-state index contributed by atoms with van der Waals surface area (Å²) in [7, 11) is -0.265. The molecule has 4 nitrogen and oxygen atoms in total. The molecule has 0 heterocycles. The summed E-state index contributed by atoms with van der Waals surface area (Å²) < 4.78 is 25.7. The van der Waals surface area contributed by atoms with E-state index in [1.54, 1.807) is 32.3 Å². The molecule has 0 saturated heterocycles. The van der Waals surface area contributed by atoms with Gasteiger partial charge in [-0.2, -0.15) is 0 Å². The van der Waals surface area contributed by atoms with Crippen molar-refractivity contribution in [1.29, 1.82) is 0 Å². The van der Waals surface area contributed by atoms with E-state index in [1.165, 1.54) is 23.6 Å². The molecule has 0 radical (unpaired) electrons. The third kappa shape index (κ3) is 3.58. The normalized spacial score (nSPS) is 22.2. The van der Waals surface area contributed by atoms with Crippen LogP contribution in [0.25, 0.3) is 0 Å². The Kier molecular flexibility index (Phi) is 4.63. The molecule has 1 N–H and O–H groups in total. The van der Waals surface area contributed by atoms with Crippen LogP contribution in [-0.4, -0.2) is 32.9 Å². The van der Waals surface area contributed by atoms with Gasteiger partial charge in [-0.25, -0.2) is 12.7 Å². The zero-order valence-electron chi connectivity index (χ0n) is 13.4. The van der Waals surface area contributed by atoms with Crippen LogP contribution in [0.2, 0.25) is 0 Å². The summed E-state index contributed by atoms with van der Waals surface area (Å²) in [4.78, 5) is 0.339. The van der Waals surface area contributed by atoms with Crippen LogP contribution in [-0.2, 0) is 10.0 Å². The number of hydrogen-bond acceptors (Lipinski definition) is 3. The summed E-state index contributed by atoms with van der Waals surface area (Å²) in [5, 5.41) is 3.54. The Morgan fingerprint density at radius 3 is 2.57 bits per heavy atom.